The Labute approximate surface area is 149 Å². The van der Waals surface area contributed by atoms with Crippen molar-refractivity contribution in [2.45, 2.75) is 50.0 Å². The third-order valence-corrected chi connectivity index (χ3v) is 6.96. The highest BCUT2D eigenvalue weighted by Crippen LogP contribution is 2.55. The maximum atomic E-state index is 4.11. The van der Waals surface area contributed by atoms with E-state index in [0.29, 0.717) is 5.41 Å². The molecule has 2 fully saturated rings. The molecule has 1 saturated heterocycles. The van der Waals surface area contributed by atoms with Crippen LogP contribution < -0.4 is 5.32 Å². The van der Waals surface area contributed by atoms with Gasteiger partial charge in [-0.3, -0.25) is 0 Å². The number of rotatable bonds is 2. The fraction of sp³-hybridized carbons (Fsp3) is 0.524. The Balaban J connectivity index is 1.56. The van der Waals surface area contributed by atoms with Crippen LogP contribution in [-0.4, -0.2) is 34.5 Å². The Hall–Kier alpha value is -1.94. The van der Waals surface area contributed by atoms with Crippen molar-refractivity contribution in [2.75, 3.05) is 18.9 Å². The van der Waals surface area contributed by atoms with Crippen LogP contribution in [0.25, 0.3) is 0 Å². The zero-order chi connectivity index (χ0) is 16.9. The van der Waals surface area contributed by atoms with Crippen LogP contribution in [0.1, 0.15) is 43.2 Å². The number of hydrogen-bond donors (Lipinski definition) is 1. The number of likely N-dealkylation sites (N-methyl/N-ethyl adjacent to an activating group) is 1. The van der Waals surface area contributed by atoms with Gasteiger partial charge in [0.1, 0.15) is 6.33 Å². The summed E-state index contributed by atoms with van der Waals surface area (Å²) in [5.41, 5.74) is 5.74. The lowest BCUT2D eigenvalue weighted by molar-refractivity contribution is 0.00290. The second kappa shape index (κ2) is 5.80. The normalized spacial score (nSPS) is 31.1. The smallest absolute Gasteiger partial charge is 0.115 e. The van der Waals surface area contributed by atoms with Crippen molar-refractivity contribution >= 4 is 11.4 Å². The van der Waals surface area contributed by atoms with Crippen LogP contribution in [0.5, 0.6) is 0 Å². The van der Waals surface area contributed by atoms with E-state index < -0.39 is 0 Å². The van der Waals surface area contributed by atoms with Gasteiger partial charge in [-0.15, -0.1) is 0 Å². The molecule has 2 aliphatic carbocycles. The van der Waals surface area contributed by atoms with Crippen LogP contribution in [-0.2, 0) is 11.8 Å². The molecule has 25 heavy (non-hydrogen) atoms. The maximum Gasteiger partial charge on any atom is 0.115 e. The van der Waals surface area contributed by atoms with E-state index in [1.165, 1.54) is 50.8 Å². The molecule has 2 aromatic rings. The molecule has 2 bridgehead atoms. The van der Waals surface area contributed by atoms with Crippen molar-refractivity contribution in [1.82, 2.24) is 14.9 Å². The lowest BCUT2D eigenvalue weighted by atomic mass is 9.52. The second-order valence-electron chi connectivity index (χ2n) is 8.13. The van der Waals surface area contributed by atoms with Crippen LogP contribution in [0, 0.1) is 5.92 Å². The summed E-state index contributed by atoms with van der Waals surface area (Å²) in [7, 11) is 2.33. The Kier molecular flexibility index (Phi) is 3.56. The summed E-state index contributed by atoms with van der Waals surface area (Å²) < 4.78 is 0. The number of benzene rings is 1. The summed E-state index contributed by atoms with van der Waals surface area (Å²) >= 11 is 0. The van der Waals surface area contributed by atoms with Gasteiger partial charge in [-0.1, -0.05) is 18.9 Å². The molecule has 1 aromatic carbocycles. The molecule has 0 spiro atoms. The van der Waals surface area contributed by atoms with Gasteiger partial charge in [-0.2, -0.15) is 0 Å². The average Bonchev–Trinajstić information content (AvgIpc) is 2.66. The number of piperidine rings is 1. The first-order chi connectivity index (χ1) is 12.3. The molecule has 5 rings (SSSR count). The van der Waals surface area contributed by atoms with E-state index in [4.69, 9.17) is 0 Å². The predicted molar refractivity (Wildman–Crippen MR) is 100 cm³/mol. The quantitative estimate of drug-likeness (QED) is 0.904. The summed E-state index contributed by atoms with van der Waals surface area (Å²) in [6.07, 6.45) is 13.3. The van der Waals surface area contributed by atoms with Gasteiger partial charge >= 0.3 is 0 Å². The summed E-state index contributed by atoms with van der Waals surface area (Å²) in [5, 5.41) is 3.49. The summed E-state index contributed by atoms with van der Waals surface area (Å²) in [5.74, 6) is 0.836. The molecule has 4 heteroatoms. The second-order valence-corrected chi connectivity index (χ2v) is 8.13. The molecule has 1 saturated carbocycles. The fourth-order valence-electron chi connectivity index (χ4n) is 5.80. The highest BCUT2D eigenvalue weighted by molar-refractivity contribution is 5.61. The van der Waals surface area contributed by atoms with Crippen molar-refractivity contribution in [2.24, 2.45) is 5.92 Å². The van der Waals surface area contributed by atoms with Gasteiger partial charge in [0.2, 0.25) is 0 Å². The Morgan fingerprint density at radius 1 is 1.12 bits per heavy atom. The molecule has 1 aromatic heterocycles. The first kappa shape index (κ1) is 15.3. The van der Waals surface area contributed by atoms with Gasteiger partial charge in [-0.05, 0) is 68.5 Å². The molecule has 1 N–H and O–H groups in total. The highest BCUT2D eigenvalue weighted by atomic mass is 15.1. The van der Waals surface area contributed by atoms with E-state index in [-0.39, 0.29) is 0 Å². The number of nitrogens with zero attached hydrogens (tertiary/aromatic N) is 3. The number of aromatic nitrogens is 2. The Morgan fingerprint density at radius 2 is 2.00 bits per heavy atom. The lowest BCUT2D eigenvalue weighted by Gasteiger charge is -2.58. The maximum absolute atomic E-state index is 4.11. The minimum atomic E-state index is 0.411. The van der Waals surface area contributed by atoms with Gasteiger partial charge in [0.25, 0.3) is 0 Å². The SMILES string of the molecule is CN1CC[C@]23CCCC[C@H]2[C@H]1Cc1ccc(Nc2cncnc2)cc13. The van der Waals surface area contributed by atoms with Crippen molar-refractivity contribution < 1.29 is 0 Å². The minimum absolute atomic E-state index is 0.411. The predicted octanol–water partition coefficient (Wildman–Crippen LogP) is 3.91. The van der Waals surface area contributed by atoms with E-state index in [0.717, 1.165) is 17.6 Å². The summed E-state index contributed by atoms with van der Waals surface area (Å²) in [6, 6.07) is 7.76. The number of anilines is 2. The van der Waals surface area contributed by atoms with Gasteiger partial charge < -0.3 is 10.2 Å². The number of hydrogen-bond acceptors (Lipinski definition) is 4. The summed E-state index contributed by atoms with van der Waals surface area (Å²) in [4.78, 5) is 10.9. The highest BCUT2D eigenvalue weighted by Gasteiger charge is 2.52. The monoisotopic (exact) mass is 334 g/mol. The number of fused-ring (bicyclic) bond motifs is 1. The van der Waals surface area contributed by atoms with Gasteiger partial charge in [0.15, 0.2) is 0 Å². The molecule has 0 unspecified atom stereocenters. The van der Waals surface area contributed by atoms with E-state index in [1.807, 2.05) is 12.4 Å². The fourth-order valence-corrected chi connectivity index (χ4v) is 5.80. The minimum Gasteiger partial charge on any atom is -0.353 e. The Morgan fingerprint density at radius 3 is 2.88 bits per heavy atom. The van der Waals surface area contributed by atoms with Crippen molar-refractivity contribution in [1.29, 1.82) is 0 Å². The van der Waals surface area contributed by atoms with Crippen LogP contribution in [0.4, 0.5) is 11.4 Å². The molecule has 130 valence electrons. The molecule has 3 aliphatic rings. The topological polar surface area (TPSA) is 41.0 Å². The zero-order valence-electron chi connectivity index (χ0n) is 14.9. The summed E-state index contributed by atoms with van der Waals surface area (Å²) in [6.45, 7) is 1.24. The van der Waals surface area contributed by atoms with Gasteiger partial charge in [0.05, 0.1) is 18.1 Å². The third-order valence-electron chi connectivity index (χ3n) is 6.96. The van der Waals surface area contributed by atoms with Crippen LogP contribution in [0.15, 0.2) is 36.9 Å². The molecular formula is C21H26N4. The lowest BCUT2D eigenvalue weighted by Crippen LogP contribution is -2.59. The Bertz CT molecular complexity index is 775. The van der Waals surface area contributed by atoms with Crippen LogP contribution in [0.2, 0.25) is 0 Å². The van der Waals surface area contributed by atoms with E-state index in [9.17, 15) is 0 Å². The molecule has 3 atom stereocenters. The van der Waals surface area contributed by atoms with Crippen molar-refractivity contribution in [3.63, 3.8) is 0 Å². The number of likely N-dealkylation sites (tertiary alicyclic amines) is 1. The van der Waals surface area contributed by atoms with Crippen LogP contribution >= 0.6 is 0 Å². The van der Waals surface area contributed by atoms with Crippen LogP contribution in [0.3, 0.4) is 0 Å². The molecular weight excluding hydrogens is 308 g/mol. The van der Waals surface area contributed by atoms with Crippen molar-refractivity contribution in [3.05, 3.63) is 48.0 Å². The molecule has 0 radical (unpaired) electrons. The molecule has 0 amide bonds. The average molecular weight is 334 g/mol. The zero-order valence-corrected chi connectivity index (χ0v) is 14.9. The standard InChI is InChI=1S/C21H26N4/c1-25-9-8-21-7-3-2-4-18(21)20(25)10-15-5-6-16(11-19(15)21)24-17-12-22-14-23-13-17/h5-6,11-14,18,20,24H,2-4,7-10H2,1H3/t18-,20+,21+/m0/s1. The van der Waals surface area contributed by atoms with E-state index >= 15 is 0 Å². The molecule has 1 aliphatic heterocycles. The number of nitrogens with one attached hydrogen (secondary N) is 1. The van der Waals surface area contributed by atoms with E-state index in [1.54, 1.807) is 17.5 Å². The first-order valence-electron chi connectivity index (χ1n) is 9.62. The largest absolute Gasteiger partial charge is 0.353 e. The van der Waals surface area contributed by atoms with E-state index in [2.05, 4.69) is 45.4 Å². The third kappa shape index (κ3) is 2.38. The van der Waals surface area contributed by atoms with Gasteiger partial charge in [-0.25, -0.2) is 9.97 Å². The van der Waals surface area contributed by atoms with Gasteiger partial charge in [0, 0.05) is 17.1 Å². The van der Waals surface area contributed by atoms with Crippen molar-refractivity contribution in [3.8, 4) is 0 Å². The molecule has 4 nitrogen and oxygen atoms in total. The molecule has 2 heterocycles. The first-order valence-corrected chi connectivity index (χ1v) is 9.62.